The molecule has 2 heterocycles. The van der Waals surface area contributed by atoms with E-state index >= 15 is 0 Å². The molecular formula is C16H20N2S. The van der Waals surface area contributed by atoms with Crippen LogP contribution in [0, 0.1) is 13.8 Å². The fourth-order valence-corrected chi connectivity index (χ4v) is 3.55. The molecule has 1 aromatic heterocycles. The molecule has 0 spiro atoms. The summed E-state index contributed by atoms with van der Waals surface area (Å²) in [6, 6.07) is 9.11. The van der Waals surface area contributed by atoms with Gasteiger partial charge in [-0.2, -0.15) is 0 Å². The van der Waals surface area contributed by atoms with Gasteiger partial charge in [-0.3, -0.25) is 0 Å². The Morgan fingerprint density at radius 1 is 1.11 bits per heavy atom. The summed E-state index contributed by atoms with van der Waals surface area (Å²) in [5.74, 6) is 0. The minimum absolute atomic E-state index is 0.948. The maximum Gasteiger partial charge on any atom is 0.0303 e. The van der Waals surface area contributed by atoms with Gasteiger partial charge >= 0.3 is 0 Å². The molecule has 0 bridgehead atoms. The molecule has 3 rings (SSSR count). The van der Waals surface area contributed by atoms with E-state index < -0.39 is 0 Å². The number of thiophene rings is 1. The first kappa shape index (κ1) is 12.9. The van der Waals surface area contributed by atoms with Crippen molar-refractivity contribution in [2.75, 3.05) is 0 Å². The van der Waals surface area contributed by atoms with Gasteiger partial charge in [-0.15, -0.1) is 11.3 Å². The largest absolute Gasteiger partial charge is 0.309 e. The van der Waals surface area contributed by atoms with E-state index in [0.29, 0.717) is 0 Å². The Kier molecular flexibility index (Phi) is 3.69. The number of rotatable bonds is 4. The first-order chi connectivity index (χ1) is 9.22. The third kappa shape index (κ3) is 2.89. The Hall–Kier alpha value is -1.16. The molecule has 0 aliphatic carbocycles. The fourth-order valence-electron chi connectivity index (χ4n) is 2.52. The summed E-state index contributed by atoms with van der Waals surface area (Å²) in [4.78, 5) is 2.86. The second-order valence-electron chi connectivity index (χ2n) is 5.26. The third-order valence-electron chi connectivity index (χ3n) is 3.75. The zero-order chi connectivity index (χ0) is 13.2. The van der Waals surface area contributed by atoms with Crippen molar-refractivity contribution in [3.8, 4) is 0 Å². The number of benzene rings is 1. The predicted octanol–water partition coefficient (Wildman–Crippen LogP) is 3.26. The van der Waals surface area contributed by atoms with Crippen LogP contribution in [0.4, 0.5) is 0 Å². The Morgan fingerprint density at radius 3 is 2.74 bits per heavy atom. The topological polar surface area (TPSA) is 24.1 Å². The van der Waals surface area contributed by atoms with E-state index in [4.69, 9.17) is 0 Å². The molecule has 0 fully saturated rings. The molecule has 1 aliphatic heterocycles. The molecule has 0 radical (unpaired) electrons. The lowest BCUT2D eigenvalue weighted by atomic mass is 10.1. The lowest BCUT2D eigenvalue weighted by molar-refractivity contribution is 0.700. The van der Waals surface area contributed by atoms with Gasteiger partial charge in [-0.05, 0) is 42.2 Å². The van der Waals surface area contributed by atoms with Crippen molar-refractivity contribution in [1.29, 1.82) is 0 Å². The average Bonchev–Trinajstić information content (AvgIpc) is 2.96. The molecule has 2 nitrogen and oxygen atoms in total. The number of aryl methyl sites for hydroxylation is 2. The lowest BCUT2D eigenvalue weighted by Gasteiger charge is -2.06. The van der Waals surface area contributed by atoms with Crippen LogP contribution in [0.1, 0.15) is 32.0 Å². The van der Waals surface area contributed by atoms with Crippen molar-refractivity contribution in [2.24, 2.45) is 0 Å². The molecule has 2 aromatic rings. The van der Waals surface area contributed by atoms with Crippen LogP contribution in [0.2, 0.25) is 0 Å². The molecule has 0 saturated carbocycles. The zero-order valence-corrected chi connectivity index (χ0v) is 12.4. The Morgan fingerprint density at radius 2 is 1.95 bits per heavy atom. The summed E-state index contributed by atoms with van der Waals surface area (Å²) >= 11 is 1.90. The summed E-state index contributed by atoms with van der Waals surface area (Å²) in [5, 5.41) is 6.93. The van der Waals surface area contributed by atoms with Crippen molar-refractivity contribution in [3.05, 3.63) is 56.3 Å². The Labute approximate surface area is 118 Å². The van der Waals surface area contributed by atoms with Crippen LogP contribution >= 0.6 is 11.3 Å². The smallest absolute Gasteiger partial charge is 0.0303 e. The van der Waals surface area contributed by atoms with E-state index in [1.807, 2.05) is 11.3 Å². The second kappa shape index (κ2) is 5.45. The highest BCUT2D eigenvalue weighted by atomic mass is 32.1. The molecular weight excluding hydrogens is 252 g/mol. The van der Waals surface area contributed by atoms with Gasteiger partial charge < -0.3 is 10.6 Å². The van der Waals surface area contributed by atoms with Gasteiger partial charge in [-0.1, -0.05) is 18.2 Å². The zero-order valence-electron chi connectivity index (χ0n) is 11.5. The van der Waals surface area contributed by atoms with Crippen molar-refractivity contribution in [2.45, 2.75) is 40.0 Å². The number of nitrogens with one attached hydrogen (secondary N) is 2. The molecule has 19 heavy (non-hydrogen) atoms. The normalized spacial score (nSPS) is 13.8. The van der Waals surface area contributed by atoms with E-state index in [9.17, 15) is 0 Å². The van der Waals surface area contributed by atoms with Gasteiger partial charge in [0, 0.05) is 35.9 Å². The second-order valence-corrected chi connectivity index (χ2v) is 6.60. The molecule has 0 saturated heterocycles. The molecule has 2 N–H and O–H groups in total. The third-order valence-corrected chi connectivity index (χ3v) is 4.90. The molecule has 3 heteroatoms. The highest BCUT2D eigenvalue weighted by molar-refractivity contribution is 7.12. The number of hydrogen-bond acceptors (Lipinski definition) is 3. The minimum Gasteiger partial charge on any atom is -0.309 e. The molecule has 0 atom stereocenters. The van der Waals surface area contributed by atoms with Gasteiger partial charge in [0.2, 0.25) is 0 Å². The SMILES string of the molecule is Cc1cc(CNCc2ccc3c(c2)CNC3)sc1C. The van der Waals surface area contributed by atoms with E-state index in [1.165, 1.54) is 32.0 Å². The fraction of sp³-hybridized carbons (Fsp3) is 0.375. The summed E-state index contributed by atoms with van der Waals surface area (Å²) in [5.41, 5.74) is 5.70. The molecule has 1 aliphatic rings. The van der Waals surface area contributed by atoms with Crippen LogP contribution in [0.15, 0.2) is 24.3 Å². The van der Waals surface area contributed by atoms with Crippen molar-refractivity contribution in [3.63, 3.8) is 0 Å². The highest BCUT2D eigenvalue weighted by Crippen LogP contribution is 2.21. The average molecular weight is 272 g/mol. The first-order valence-corrected chi connectivity index (χ1v) is 7.62. The van der Waals surface area contributed by atoms with Crippen LogP contribution in [-0.2, 0) is 26.2 Å². The summed E-state index contributed by atoms with van der Waals surface area (Å²) < 4.78 is 0. The van der Waals surface area contributed by atoms with Crippen LogP contribution in [0.3, 0.4) is 0 Å². The number of fused-ring (bicyclic) bond motifs is 1. The van der Waals surface area contributed by atoms with Crippen molar-refractivity contribution in [1.82, 2.24) is 10.6 Å². The van der Waals surface area contributed by atoms with E-state index in [-0.39, 0.29) is 0 Å². The highest BCUT2D eigenvalue weighted by Gasteiger charge is 2.09. The Balaban J connectivity index is 1.57. The molecule has 1 aromatic carbocycles. The monoisotopic (exact) mass is 272 g/mol. The van der Waals surface area contributed by atoms with E-state index in [1.54, 1.807) is 0 Å². The first-order valence-electron chi connectivity index (χ1n) is 6.80. The number of hydrogen-bond donors (Lipinski definition) is 2. The lowest BCUT2D eigenvalue weighted by Crippen LogP contribution is -2.11. The maximum absolute atomic E-state index is 3.54. The van der Waals surface area contributed by atoms with Crippen LogP contribution in [0.5, 0.6) is 0 Å². The minimum atomic E-state index is 0.948. The van der Waals surface area contributed by atoms with E-state index in [2.05, 4.69) is 48.7 Å². The molecule has 0 unspecified atom stereocenters. The van der Waals surface area contributed by atoms with Gasteiger partial charge in [0.15, 0.2) is 0 Å². The predicted molar refractivity (Wildman–Crippen MR) is 81.3 cm³/mol. The summed E-state index contributed by atoms with van der Waals surface area (Å²) in [6.07, 6.45) is 0. The standard InChI is InChI=1S/C16H20N2S/c1-11-5-16(19-12(11)2)10-17-7-13-3-4-14-8-18-9-15(14)6-13/h3-6,17-18H,7-10H2,1-2H3. The maximum atomic E-state index is 3.54. The summed E-state index contributed by atoms with van der Waals surface area (Å²) in [7, 11) is 0. The van der Waals surface area contributed by atoms with Crippen molar-refractivity contribution < 1.29 is 0 Å². The van der Waals surface area contributed by atoms with Gasteiger partial charge in [0.25, 0.3) is 0 Å². The van der Waals surface area contributed by atoms with Crippen LogP contribution in [-0.4, -0.2) is 0 Å². The van der Waals surface area contributed by atoms with Gasteiger partial charge in [0.05, 0.1) is 0 Å². The Bertz CT molecular complexity index is 567. The van der Waals surface area contributed by atoms with Crippen molar-refractivity contribution >= 4 is 11.3 Å². The van der Waals surface area contributed by atoms with Gasteiger partial charge in [0.1, 0.15) is 0 Å². The molecule has 100 valence electrons. The van der Waals surface area contributed by atoms with Gasteiger partial charge in [-0.25, -0.2) is 0 Å². The quantitative estimate of drug-likeness (QED) is 0.892. The molecule has 0 amide bonds. The van der Waals surface area contributed by atoms with E-state index in [0.717, 1.165) is 26.2 Å². The summed E-state index contributed by atoms with van der Waals surface area (Å²) in [6.45, 7) is 8.33. The van der Waals surface area contributed by atoms with Crippen LogP contribution in [0.25, 0.3) is 0 Å². The van der Waals surface area contributed by atoms with Crippen LogP contribution < -0.4 is 10.6 Å².